The summed E-state index contributed by atoms with van der Waals surface area (Å²) < 4.78 is 30.2. The normalized spacial score (nSPS) is 25.2. The van der Waals surface area contributed by atoms with Crippen molar-refractivity contribution in [2.45, 2.75) is 44.2 Å². The third kappa shape index (κ3) is 3.98. The van der Waals surface area contributed by atoms with Crippen LogP contribution >= 0.6 is 0 Å². The predicted molar refractivity (Wildman–Crippen MR) is 113 cm³/mol. The summed E-state index contributed by atoms with van der Waals surface area (Å²) in [5.74, 6) is -0.558. The Hall–Kier alpha value is -3.88. The van der Waals surface area contributed by atoms with Gasteiger partial charge in [-0.3, -0.25) is 14.7 Å². The molecule has 5 rings (SSSR count). The summed E-state index contributed by atoms with van der Waals surface area (Å²) in [5.41, 5.74) is 6.64. The maximum Gasteiger partial charge on any atom is 0.513 e. The van der Waals surface area contributed by atoms with Gasteiger partial charge in [0.25, 0.3) is 5.69 Å². The molecule has 14 heteroatoms. The lowest BCUT2D eigenvalue weighted by Crippen LogP contribution is -2.34. The van der Waals surface area contributed by atoms with E-state index in [4.69, 9.17) is 29.4 Å². The van der Waals surface area contributed by atoms with Crippen LogP contribution in [0.5, 0.6) is 5.75 Å². The van der Waals surface area contributed by atoms with Gasteiger partial charge >= 0.3 is 6.16 Å². The second-order valence-electron chi connectivity index (χ2n) is 8.13. The molecular weight excluding hydrogens is 452 g/mol. The van der Waals surface area contributed by atoms with Gasteiger partial charge in [-0.1, -0.05) is 0 Å². The minimum absolute atomic E-state index is 0.0995. The number of hydrogen-bond acceptors (Lipinski definition) is 12. The van der Waals surface area contributed by atoms with Gasteiger partial charge in [0.1, 0.15) is 42.5 Å². The summed E-state index contributed by atoms with van der Waals surface area (Å²) in [6.45, 7) is 3.36. The van der Waals surface area contributed by atoms with Crippen LogP contribution < -0.4 is 10.5 Å². The largest absolute Gasteiger partial charge is 0.513 e. The molecule has 14 nitrogen and oxygen atoms in total. The van der Waals surface area contributed by atoms with Crippen LogP contribution in [0.25, 0.3) is 11.2 Å². The average Bonchev–Trinajstić information content (AvgIpc) is 3.44. The van der Waals surface area contributed by atoms with Crippen molar-refractivity contribution in [1.29, 1.82) is 0 Å². The van der Waals surface area contributed by atoms with E-state index >= 15 is 0 Å². The third-order valence-electron chi connectivity index (χ3n) is 5.40. The van der Waals surface area contributed by atoms with E-state index in [-0.39, 0.29) is 23.9 Å². The van der Waals surface area contributed by atoms with Gasteiger partial charge in [-0.2, -0.15) is 0 Å². The number of carbonyl (C=O) groups is 1. The minimum atomic E-state index is -0.996. The molecule has 2 aliphatic heterocycles. The van der Waals surface area contributed by atoms with E-state index in [0.717, 1.165) is 0 Å². The van der Waals surface area contributed by atoms with Gasteiger partial charge in [0, 0.05) is 12.1 Å². The number of nitrogens with zero attached hydrogens (tertiary/aromatic N) is 5. The number of anilines is 1. The molecule has 0 unspecified atom stereocenters. The standard InChI is InChI=1S/C20H20N6O8/c1-20(2)33-14-12(7-30-19(27)31-11-5-3-10(4-6-11)26(28)29)32-18(15(14)34-20)25-9-24-13-16(21)22-8-23-17(13)25/h3-6,8-9,12,14-15,18H,7H2,1-2H3,(H2,21,22,23)/t12-,14-,15-,18-/m1/s1. The van der Waals surface area contributed by atoms with E-state index in [0.29, 0.717) is 11.2 Å². The molecule has 1 aromatic carbocycles. The molecule has 2 N–H and O–H groups in total. The van der Waals surface area contributed by atoms with E-state index in [9.17, 15) is 14.9 Å². The Balaban J connectivity index is 1.29. The van der Waals surface area contributed by atoms with Crippen molar-refractivity contribution < 1.29 is 33.4 Å². The van der Waals surface area contributed by atoms with Crippen LogP contribution in [-0.2, 0) is 18.9 Å². The van der Waals surface area contributed by atoms with E-state index in [2.05, 4.69) is 15.0 Å². The zero-order chi connectivity index (χ0) is 24.0. The Morgan fingerprint density at radius 2 is 1.94 bits per heavy atom. The van der Waals surface area contributed by atoms with Gasteiger partial charge in [0.05, 0.1) is 11.3 Å². The molecule has 0 spiro atoms. The number of hydrogen-bond donors (Lipinski definition) is 1. The zero-order valence-corrected chi connectivity index (χ0v) is 18.1. The Morgan fingerprint density at radius 3 is 2.68 bits per heavy atom. The second kappa shape index (κ2) is 8.16. The molecule has 2 aromatic heterocycles. The lowest BCUT2D eigenvalue weighted by atomic mass is 10.1. The lowest BCUT2D eigenvalue weighted by molar-refractivity contribution is -0.384. The van der Waals surface area contributed by atoms with Crippen molar-refractivity contribution in [3.05, 3.63) is 47.0 Å². The van der Waals surface area contributed by atoms with Crippen LogP contribution in [-0.4, -0.2) is 61.3 Å². The lowest BCUT2D eigenvalue weighted by Gasteiger charge is -2.24. The summed E-state index contributed by atoms with van der Waals surface area (Å²) >= 11 is 0. The van der Waals surface area contributed by atoms with Gasteiger partial charge in [0.15, 0.2) is 23.5 Å². The number of rotatable bonds is 5. The maximum atomic E-state index is 12.2. The van der Waals surface area contributed by atoms with Crippen LogP contribution in [0.3, 0.4) is 0 Å². The quantitative estimate of drug-likeness (QED) is 0.247. The van der Waals surface area contributed by atoms with Gasteiger partial charge in [0.2, 0.25) is 0 Å². The number of nitro benzene ring substituents is 1. The number of aromatic nitrogens is 4. The number of benzene rings is 1. The van der Waals surface area contributed by atoms with Crippen LogP contribution in [0.15, 0.2) is 36.9 Å². The molecule has 0 aliphatic carbocycles. The van der Waals surface area contributed by atoms with Crippen molar-refractivity contribution in [3.8, 4) is 5.75 Å². The molecule has 2 saturated heterocycles. The molecule has 0 bridgehead atoms. The second-order valence-corrected chi connectivity index (χ2v) is 8.13. The van der Waals surface area contributed by atoms with Crippen LogP contribution in [0, 0.1) is 10.1 Å². The van der Waals surface area contributed by atoms with Crippen molar-refractivity contribution in [1.82, 2.24) is 19.5 Å². The topological polar surface area (TPSA) is 176 Å². The van der Waals surface area contributed by atoms with E-state index < -0.39 is 41.4 Å². The van der Waals surface area contributed by atoms with Gasteiger partial charge in [-0.25, -0.2) is 19.7 Å². The number of imidazole rings is 1. The fraction of sp³-hybridized carbons (Fsp3) is 0.400. The van der Waals surface area contributed by atoms with Crippen LogP contribution in [0.2, 0.25) is 0 Å². The summed E-state index contributed by atoms with van der Waals surface area (Å²) in [4.78, 5) is 34.8. The smallest absolute Gasteiger partial charge is 0.431 e. The number of non-ortho nitro benzene ring substituents is 1. The zero-order valence-electron chi connectivity index (χ0n) is 18.1. The molecule has 178 valence electrons. The van der Waals surface area contributed by atoms with E-state index in [1.54, 1.807) is 18.4 Å². The highest BCUT2D eigenvalue weighted by Gasteiger charge is 2.56. The first-order valence-corrected chi connectivity index (χ1v) is 10.2. The van der Waals surface area contributed by atoms with Crippen molar-refractivity contribution in [2.75, 3.05) is 12.3 Å². The molecule has 0 saturated carbocycles. The monoisotopic (exact) mass is 472 g/mol. The fourth-order valence-electron chi connectivity index (χ4n) is 3.99. The average molecular weight is 472 g/mol. The first-order valence-electron chi connectivity index (χ1n) is 10.2. The van der Waals surface area contributed by atoms with E-state index in [1.807, 2.05) is 0 Å². The Kier molecular flexibility index (Phi) is 5.27. The molecule has 3 aromatic rings. The first-order chi connectivity index (χ1) is 16.2. The molecule has 34 heavy (non-hydrogen) atoms. The summed E-state index contributed by atoms with van der Waals surface area (Å²) in [6, 6.07) is 5.03. The number of fused-ring (bicyclic) bond motifs is 2. The van der Waals surface area contributed by atoms with Gasteiger partial charge in [-0.05, 0) is 26.0 Å². The van der Waals surface area contributed by atoms with Crippen molar-refractivity contribution in [3.63, 3.8) is 0 Å². The Labute approximate surface area is 191 Å². The highest BCUT2D eigenvalue weighted by molar-refractivity contribution is 5.81. The third-order valence-corrected chi connectivity index (χ3v) is 5.40. The summed E-state index contributed by atoms with van der Waals surface area (Å²) in [7, 11) is 0. The Bertz CT molecular complexity index is 1250. The highest BCUT2D eigenvalue weighted by atomic mass is 16.8. The first kappa shape index (κ1) is 21.9. The molecular formula is C20H20N6O8. The Morgan fingerprint density at radius 1 is 1.21 bits per heavy atom. The maximum absolute atomic E-state index is 12.2. The number of nitrogens with two attached hydrogens (primary N) is 1. The number of nitrogen functional groups attached to an aromatic ring is 1. The van der Waals surface area contributed by atoms with E-state index in [1.165, 1.54) is 36.9 Å². The summed E-state index contributed by atoms with van der Waals surface area (Å²) in [6.07, 6.45) is -0.593. The molecule has 4 heterocycles. The van der Waals surface area contributed by atoms with Crippen LogP contribution in [0.1, 0.15) is 20.1 Å². The number of nitro groups is 1. The fourth-order valence-corrected chi connectivity index (χ4v) is 3.99. The van der Waals surface area contributed by atoms with Crippen molar-refractivity contribution >= 4 is 28.8 Å². The van der Waals surface area contributed by atoms with Crippen LogP contribution in [0.4, 0.5) is 16.3 Å². The van der Waals surface area contributed by atoms with Gasteiger partial charge in [-0.15, -0.1) is 0 Å². The summed E-state index contributed by atoms with van der Waals surface area (Å²) in [5, 5.41) is 10.7. The molecule has 2 aliphatic rings. The van der Waals surface area contributed by atoms with Crippen molar-refractivity contribution in [2.24, 2.45) is 0 Å². The minimum Gasteiger partial charge on any atom is -0.431 e. The SMILES string of the molecule is CC1(C)O[C@@H]2[C@H](O1)[C@@H](COC(=O)Oc1ccc([N+](=O)[O-])cc1)O[C@H]2n1cnc2c(N)ncnc21. The predicted octanol–water partition coefficient (Wildman–Crippen LogP) is 1.95. The molecule has 0 radical (unpaired) electrons. The molecule has 2 fully saturated rings. The number of carbonyl (C=O) groups excluding carboxylic acids is 1. The molecule has 0 amide bonds. The molecule has 4 atom stereocenters. The highest BCUT2D eigenvalue weighted by Crippen LogP contribution is 2.43. The van der Waals surface area contributed by atoms with Gasteiger partial charge < -0.3 is 29.4 Å². The number of ether oxygens (including phenoxy) is 5.